The molecule has 112 valence electrons. The molecule has 0 saturated carbocycles. The normalized spacial score (nSPS) is 21.9. The summed E-state index contributed by atoms with van der Waals surface area (Å²) in [5.74, 6) is 0. The Hall–Kier alpha value is -1.54. The number of hydrogen-bond donors (Lipinski definition) is 1. The summed E-state index contributed by atoms with van der Waals surface area (Å²) >= 11 is 0. The number of hydrogen-bond acceptors (Lipinski definition) is 1. The van der Waals surface area contributed by atoms with Crippen molar-refractivity contribution in [2.45, 2.75) is 52.7 Å². The SMILES string of the molecule is Cc1cc2c(n1C(C)c1ccccc1)CC(C)(C)CC2O. The molecule has 0 amide bonds. The summed E-state index contributed by atoms with van der Waals surface area (Å²) < 4.78 is 2.41. The lowest BCUT2D eigenvalue weighted by Gasteiger charge is -2.35. The molecule has 0 bridgehead atoms. The lowest BCUT2D eigenvalue weighted by molar-refractivity contribution is 0.0977. The van der Waals surface area contributed by atoms with Crippen molar-refractivity contribution in [2.75, 3.05) is 0 Å². The van der Waals surface area contributed by atoms with Crippen LogP contribution in [-0.4, -0.2) is 9.67 Å². The minimum atomic E-state index is -0.327. The first-order valence-corrected chi connectivity index (χ1v) is 7.83. The monoisotopic (exact) mass is 283 g/mol. The first-order chi connectivity index (χ1) is 9.89. The van der Waals surface area contributed by atoms with E-state index in [2.05, 4.69) is 68.7 Å². The summed E-state index contributed by atoms with van der Waals surface area (Å²) in [6.07, 6.45) is 1.56. The van der Waals surface area contributed by atoms with Crippen molar-refractivity contribution in [3.63, 3.8) is 0 Å². The van der Waals surface area contributed by atoms with E-state index < -0.39 is 0 Å². The minimum Gasteiger partial charge on any atom is -0.388 e. The maximum atomic E-state index is 10.5. The second kappa shape index (κ2) is 5.03. The van der Waals surface area contributed by atoms with Crippen molar-refractivity contribution in [2.24, 2.45) is 5.41 Å². The summed E-state index contributed by atoms with van der Waals surface area (Å²) in [6.45, 7) is 8.89. The third-order valence-corrected chi connectivity index (χ3v) is 4.79. The highest BCUT2D eigenvalue weighted by atomic mass is 16.3. The van der Waals surface area contributed by atoms with Crippen LogP contribution in [0.25, 0.3) is 0 Å². The molecule has 1 heterocycles. The van der Waals surface area contributed by atoms with E-state index in [1.165, 1.54) is 17.0 Å². The molecule has 2 atom stereocenters. The first-order valence-electron chi connectivity index (χ1n) is 7.83. The zero-order valence-corrected chi connectivity index (χ0v) is 13.4. The molecule has 2 heteroatoms. The highest BCUT2D eigenvalue weighted by Gasteiger charge is 2.34. The van der Waals surface area contributed by atoms with E-state index in [1.807, 2.05) is 0 Å². The van der Waals surface area contributed by atoms with Crippen molar-refractivity contribution in [3.8, 4) is 0 Å². The van der Waals surface area contributed by atoms with Crippen LogP contribution in [0.3, 0.4) is 0 Å². The van der Waals surface area contributed by atoms with Gasteiger partial charge in [-0.2, -0.15) is 0 Å². The molecule has 1 aromatic carbocycles. The second-order valence-corrected chi connectivity index (χ2v) is 7.21. The molecule has 0 aliphatic heterocycles. The van der Waals surface area contributed by atoms with Crippen LogP contribution in [0.4, 0.5) is 0 Å². The van der Waals surface area contributed by atoms with Gasteiger partial charge < -0.3 is 9.67 Å². The van der Waals surface area contributed by atoms with Crippen molar-refractivity contribution in [3.05, 3.63) is 58.9 Å². The van der Waals surface area contributed by atoms with Crippen molar-refractivity contribution < 1.29 is 5.11 Å². The predicted octanol–water partition coefficient (Wildman–Crippen LogP) is 4.41. The van der Waals surface area contributed by atoms with Gasteiger partial charge in [-0.3, -0.25) is 0 Å². The third-order valence-electron chi connectivity index (χ3n) is 4.79. The van der Waals surface area contributed by atoms with Crippen molar-refractivity contribution in [1.29, 1.82) is 0 Å². The molecule has 0 spiro atoms. The third kappa shape index (κ3) is 2.53. The zero-order valence-electron chi connectivity index (χ0n) is 13.4. The lowest BCUT2D eigenvalue weighted by Crippen LogP contribution is -2.27. The van der Waals surface area contributed by atoms with Gasteiger partial charge >= 0.3 is 0 Å². The van der Waals surface area contributed by atoms with Crippen LogP contribution in [0.15, 0.2) is 36.4 Å². The maximum Gasteiger partial charge on any atom is 0.0812 e. The Kier molecular flexibility index (Phi) is 3.45. The van der Waals surface area contributed by atoms with Crippen LogP contribution in [0.5, 0.6) is 0 Å². The van der Waals surface area contributed by atoms with E-state index in [1.54, 1.807) is 0 Å². The van der Waals surface area contributed by atoms with Gasteiger partial charge in [-0.25, -0.2) is 0 Å². The van der Waals surface area contributed by atoms with Gasteiger partial charge in [0.2, 0.25) is 0 Å². The Morgan fingerprint density at radius 2 is 1.90 bits per heavy atom. The van der Waals surface area contributed by atoms with Gasteiger partial charge in [0.1, 0.15) is 0 Å². The Labute approximate surface area is 127 Å². The molecule has 21 heavy (non-hydrogen) atoms. The molecule has 2 nitrogen and oxygen atoms in total. The molecule has 2 aromatic rings. The van der Waals surface area contributed by atoms with E-state index in [9.17, 15) is 5.11 Å². The second-order valence-electron chi connectivity index (χ2n) is 7.21. The van der Waals surface area contributed by atoms with Crippen LogP contribution in [0, 0.1) is 12.3 Å². The highest BCUT2D eigenvalue weighted by molar-refractivity contribution is 5.35. The average molecular weight is 283 g/mol. The van der Waals surface area contributed by atoms with Crippen LogP contribution < -0.4 is 0 Å². The largest absolute Gasteiger partial charge is 0.388 e. The van der Waals surface area contributed by atoms with E-state index >= 15 is 0 Å². The standard InChI is InChI=1S/C19H25NO/c1-13-10-16-17(11-19(3,4)12-18(16)21)20(13)14(2)15-8-6-5-7-9-15/h5-10,14,18,21H,11-12H2,1-4H3. The number of nitrogens with zero attached hydrogens (tertiary/aromatic N) is 1. The Morgan fingerprint density at radius 1 is 1.24 bits per heavy atom. The molecule has 1 aliphatic carbocycles. The minimum absolute atomic E-state index is 0.158. The topological polar surface area (TPSA) is 25.2 Å². The average Bonchev–Trinajstić information content (AvgIpc) is 2.74. The van der Waals surface area contributed by atoms with Gasteiger partial charge in [-0.15, -0.1) is 0 Å². The Morgan fingerprint density at radius 3 is 2.57 bits per heavy atom. The van der Waals surface area contributed by atoms with Crippen molar-refractivity contribution >= 4 is 0 Å². The maximum absolute atomic E-state index is 10.5. The van der Waals surface area contributed by atoms with Gasteiger partial charge in [-0.05, 0) is 43.7 Å². The van der Waals surface area contributed by atoms with Gasteiger partial charge in [0.05, 0.1) is 12.1 Å². The number of rotatable bonds is 2. The van der Waals surface area contributed by atoms with Crippen LogP contribution in [0.2, 0.25) is 0 Å². The fraction of sp³-hybridized carbons (Fsp3) is 0.474. The molecular formula is C19H25NO. The number of benzene rings is 1. The number of aromatic nitrogens is 1. The van der Waals surface area contributed by atoms with E-state index in [0.29, 0.717) is 6.04 Å². The lowest BCUT2D eigenvalue weighted by atomic mass is 9.75. The smallest absolute Gasteiger partial charge is 0.0812 e. The molecule has 1 aromatic heterocycles. The fourth-order valence-electron chi connectivity index (χ4n) is 3.78. The molecule has 1 N–H and O–H groups in total. The van der Waals surface area contributed by atoms with Gasteiger partial charge in [0.15, 0.2) is 0 Å². The quantitative estimate of drug-likeness (QED) is 0.867. The fourth-order valence-corrected chi connectivity index (χ4v) is 3.78. The summed E-state index contributed by atoms with van der Waals surface area (Å²) in [5.41, 5.74) is 5.16. The highest BCUT2D eigenvalue weighted by Crippen LogP contribution is 2.43. The molecular weight excluding hydrogens is 258 g/mol. The predicted molar refractivity (Wildman–Crippen MR) is 86.5 cm³/mol. The van der Waals surface area contributed by atoms with Crippen LogP contribution >= 0.6 is 0 Å². The Balaban J connectivity index is 2.08. The van der Waals surface area contributed by atoms with Crippen LogP contribution in [-0.2, 0) is 6.42 Å². The van der Waals surface area contributed by atoms with E-state index in [4.69, 9.17) is 0 Å². The molecule has 1 aliphatic rings. The summed E-state index contributed by atoms with van der Waals surface area (Å²) in [7, 11) is 0. The number of fused-ring (bicyclic) bond motifs is 1. The summed E-state index contributed by atoms with van der Waals surface area (Å²) in [5, 5.41) is 10.5. The number of aryl methyl sites for hydroxylation is 1. The number of aliphatic hydroxyl groups is 1. The van der Waals surface area contributed by atoms with E-state index in [0.717, 1.165) is 18.4 Å². The molecule has 0 saturated heterocycles. The first kappa shape index (κ1) is 14.4. The molecule has 0 radical (unpaired) electrons. The summed E-state index contributed by atoms with van der Waals surface area (Å²) in [4.78, 5) is 0. The van der Waals surface area contributed by atoms with Gasteiger partial charge in [0, 0.05) is 17.0 Å². The zero-order chi connectivity index (χ0) is 15.2. The molecule has 3 rings (SSSR count). The van der Waals surface area contributed by atoms with Crippen LogP contribution in [0.1, 0.15) is 61.9 Å². The van der Waals surface area contributed by atoms with Crippen molar-refractivity contribution in [1.82, 2.24) is 4.57 Å². The summed E-state index contributed by atoms with van der Waals surface area (Å²) in [6, 6.07) is 13.1. The number of aliphatic hydroxyl groups excluding tert-OH is 1. The van der Waals surface area contributed by atoms with Gasteiger partial charge in [0.25, 0.3) is 0 Å². The Bertz CT molecular complexity index is 639. The van der Waals surface area contributed by atoms with Gasteiger partial charge in [-0.1, -0.05) is 44.2 Å². The molecule has 0 fully saturated rings. The van der Waals surface area contributed by atoms with E-state index in [-0.39, 0.29) is 11.5 Å². The molecule has 2 unspecified atom stereocenters.